The Labute approximate surface area is 256 Å². The van der Waals surface area contributed by atoms with Crippen molar-refractivity contribution in [2.24, 2.45) is 0 Å². The van der Waals surface area contributed by atoms with E-state index in [0.717, 1.165) is 16.7 Å². The zero-order valence-corrected chi connectivity index (χ0v) is 24.8. The topological polar surface area (TPSA) is 17.3 Å². The molecule has 206 valence electrons. The number of nitrogens with zero attached hydrogens (tertiary/aromatic N) is 2. The van der Waals surface area contributed by atoms with E-state index in [4.69, 9.17) is 4.98 Å². The highest BCUT2D eigenvalue weighted by molar-refractivity contribution is 7.79. The molecule has 2 aromatic heterocycles. The Bertz CT molecular complexity index is 2440. The van der Waals surface area contributed by atoms with Crippen molar-refractivity contribution < 1.29 is 0 Å². The van der Waals surface area contributed by atoms with Crippen LogP contribution in [0.3, 0.4) is 0 Å². The summed E-state index contributed by atoms with van der Waals surface area (Å²) >= 11 is 0. The predicted octanol–water partition coefficient (Wildman–Crippen LogP) is 9.37. The van der Waals surface area contributed by atoms with Gasteiger partial charge in [-0.15, -0.1) is 0 Å². The molecule has 9 aromatic rings. The number of imidazole rings is 1. The monoisotopic (exact) mass is 578 g/mol. The van der Waals surface area contributed by atoms with Crippen LogP contribution in [0.15, 0.2) is 164 Å². The summed E-state index contributed by atoms with van der Waals surface area (Å²) in [5, 5.41) is 10.2. The number of benzene rings is 7. The Kier molecular flexibility index (Phi) is 5.82. The summed E-state index contributed by atoms with van der Waals surface area (Å²) in [4.78, 5) is 5.20. The molecule has 9 rings (SSSR count). The van der Waals surface area contributed by atoms with Gasteiger partial charge in [0.25, 0.3) is 0 Å². The minimum absolute atomic E-state index is 0.640. The molecule has 0 fully saturated rings. The minimum atomic E-state index is -0.640. The number of fused-ring (bicyclic) bond motifs is 10. The van der Waals surface area contributed by atoms with Crippen molar-refractivity contribution in [3.8, 4) is 11.1 Å². The predicted molar refractivity (Wildman–Crippen MR) is 189 cm³/mol. The summed E-state index contributed by atoms with van der Waals surface area (Å²) in [6.45, 7) is 0. The highest BCUT2D eigenvalue weighted by atomic mass is 31.1. The lowest BCUT2D eigenvalue weighted by Crippen LogP contribution is -2.20. The lowest BCUT2D eigenvalue weighted by atomic mass is 9.97. The Morgan fingerprint density at radius 1 is 0.432 bits per heavy atom. The van der Waals surface area contributed by atoms with E-state index in [1.807, 2.05) is 0 Å². The van der Waals surface area contributed by atoms with E-state index in [0.29, 0.717) is 0 Å². The average Bonchev–Trinajstić information content (AvgIpc) is 3.49. The number of hydrogen-bond acceptors (Lipinski definition) is 1. The van der Waals surface area contributed by atoms with Crippen LogP contribution in [0.1, 0.15) is 0 Å². The number of aromatic nitrogens is 2. The summed E-state index contributed by atoms with van der Waals surface area (Å²) in [5.74, 6) is 0. The third-order valence-corrected chi connectivity index (χ3v) is 11.2. The minimum Gasteiger partial charge on any atom is -0.292 e. The number of hydrogen-bond donors (Lipinski definition) is 0. The van der Waals surface area contributed by atoms with Crippen molar-refractivity contribution in [1.82, 2.24) is 9.38 Å². The van der Waals surface area contributed by atoms with Gasteiger partial charge in [-0.05, 0) is 69.3 Å². The molecule has 0 saturated carbocycles. The molecular weight excluding hydrogens is 551 g/mol. The number of pyridine rings is 1. The second-order valence-corrected chi connectivity index (χ2v) is 13.5. The largest absolute Gasteiger partial charge is 0.292 e. The highest BCUT2D eigenvalue weighted by Crippen LogP contribution is 2.38. The first-order valence-corrected chi connectivity index (χ1v) is 16.3. The molecule has 0 spiro atoms. The molecular formula is C41H27N2P. The Balaban J connectivity index is 1.25. The maximum absolute atomic E-state index is 5.20. The van der Waals surface area contributed by atoms with E-state index >= 15 is 0 Å². The van der Waals surface area contributed by atoms with Gasteiger partial charge in [0.2, 0.25) is 0 Å². The van der Waals surface area contributed by atoms with Crippen molar-refractivity contribution in [3.05, 3.63) is 164 Å². The van der Waals surface area contributed by atoms with Crippen LogP contribution in [0.2, 0.25) is 0 Å². The molecule has 0 N–H and O–H groups in total. The molecule has 44 heavy (non-hydrogen) atoms. The zero-order valence-electron chi connectivity index (χ0n) is 23.9. The first-order valence-electron chi connectivity index (χ1n) is 15.0. The van der Waals surface area contributed by atoms with Crippen molar-refractivity contribution >= 4 is 73.0 Å². The van der Waals surface area contributed by atoms with E-state index in [9.17, 15) is 0 Å². The second kappa shape index (κ2) is 10.2. The molecule has 0 saturated heterocycles. The van der Waals surface area contributed by atoms with Crippen LogP contribution in [0.5, 0.6) is 0 Å². The summed E-state index contributed by atoms with van der Waals surface area (Å²) in [5.41, 5.74) is 6.74. The van der Waals surface area contributed by atoms with Gasteiger partial charge < -0.3 is 0 Å². The Hall–Kier alpha value is -5.30. The zero-order chi connectivity index (χ0) is 29.0. The molecule has 7 aromatic carbocycles. The maximum atomic E-state index is 5.20. The molecule has 0 aliphatic carbocycles. The van der Waals surface area contributed by atoms with Crippen LogP contribution in [0.4, 0.5) is 0 Å². The van der Waals surface area contributed by atoms with Crippen LogP contribution < -0.4 is 15.9 Å². The van der Waals surface area contributed by atoms with Crippen LogP contribution in [-0.2, 0) is 0 Å². The van der Waals surface area contributed by atoms with Gasteiger partial charge in [-0.25, -0.2) is 4.98 Å². The van der Waals surface area contributed by atoms with Gasteiger partial charge in [-0.3, -0.25) is 4.40 Å². The Morgan fingerprint density at radius 3 is 1.82 bits per heavy atom. The third-order valence-electron chi connectivity index (χ3n) is 8.73. The van der Waals surface area contributed by atoms with Crippen molar-refractivity contribution in [3.63, 3.8) is 0 Å². The summed E-state index contributed by atoms with van der Waals surface area (Å²) in [6.07, 6.45) is 0. The van der Waals surface area contributed by atoms with Crippen molar-refractivity contribution in [1.29, 1.82) is 0 Å². The van der Waals surface area contributed by atoms with E-state index in [1.165, 1.54) is 59.5 Å². The highest BCUT2D eigenvalue weighted by Gasteiger charge is 2.18. The molecule has 3 heteroatoms. The van der Waals surface area contributed by atoms with Gasteiger partial charge in [0, 0.05) is 10.8 Å². The van der Waals surface area contributed by atoms with Crippen LogP contribution in [0, 0.1) is 0 Å². The van der Waals surface area contributed by atoms with E-state index in [-0.39, 0.29) is 0 Å². The van der Waals surface area contributed by atoms with Gasteiger partial charge in [0.1, 0.15) is 5.65 Å². The van der Waals surface area contributed by atoms with Gasteiger partial charge >= 0.3 is 0 Å². The molecule has 0 unspecified atom stereocenters. The lowest BCUT2D eigenvalue weighted by Gasteiger charge is -2.19. The second-order valence-electron chi connectivity index (χ2n) is 11.3. The van der Waals surface area contributed by atoms with Crippen molar-refractivity contribution in [2.75, 3.05) is 0 Å². The van der Waals surface area contributed by atoms with E-state index in [1.54, 1.807) is 0 Å². The number of para-hydroxylation sites is 2. The molecule has 0 radical (unpaired) electrons. The fraction of sp³-hybridized carbons (Fsp3) is 0. The maximum Gasteiger partial charge on any atom is 0.147 e. The smallest absolute Gasteiger partial charge is 0.147 e. The average molecular weight is 579 g/mol. The summed E-state index contributed by atoms with van der Waals surface area (Å²) < 4.78 is 2.36. The molecule has 0 atom stereocenters. The van der Waals surface area contributed by atoms with Gasteiger partial charge in [0.15, 0.2) is 0 Å². The summed E-state index contributed by atoms with van der Waals surface area (Å²) in [6, 6.07) is 59.5. The molecule has 0 bridgehead atoms. The first kappa shape index (κ1) is 25.2. The first-order chi connectivity index (χ1) is 21.8. The van der Waals surface area contributed by atoms with E-state index < -0.39 is 7.92 Å². The van der Waals surface area contributed by atoms with Gasteiger partial charge in [-0.2, -0.15) is 0 Å². The molecule has 2 heterocycles. The van der Waals surface area contributed by atoms with Crippen molar-refractivity contribution in [2.45, 2.75) is 0 Å². The molecule has 0 amide bonds. The van der Waals surface area contributed by atoms with Gasteiger partial charge in [0.05, 0.1) is 16.6 Å². The molecule has 0 aliphatic rings. The Morgan fingerprint density at radius 2 is 1.05 bits per heavy atom. The standard InChI is InChI=1S/C41H27N2P/c1-3-12-31(13-4-1)44(32-14-5-2-6-15-32)33-23-19-28(20-24-33)30-22-25-35-36-26-21-29-11-7-8-16-34(29)40(36)41-42-37-17-9-10-18-38(37)43(41)39(35)27-30/h1-27H. The summed E-state index contributed by atoms with van der Waals surface area (Å²) in [7, 11) is -0.640. The normalized spacial score (nSPS) is 11.8. The lowest BCUT2D eigenvalue weighted by molar-refractivity contribution is 1.32. The SMILES string of the molecule is c1ccc(P(c2ccccc2)c2ccc(-c3ccc4c5ccc6ccccc6c5c5nc6ccccc6n5c4c3)cc2)cc1. The van der Waals surface area contributed by atoms with Gasteiger partial charge in [-0.1, -0.05) is 146 Å². The van der Waals surface area contributed by atoms with E-state index in [2.05, 4.69) is 168 Å². The molecule has 2 nitrogen and oxygen atoms in total. The fourth-order valence-electron chi connectivity index (χ4n) is 6.70. The number of rotatable bonds is 4. The third kappa shape index (κ3) is 3.96. The quantitative estimate of drug-likeness (QED) is 0.150. The fourth-order valence-corrected chi connectivity index (χ4v) is 8.98. The van der Waals surface area contributed by atoms with Crippen LogP contribution >= 0.6 is 7.92 Å². The van der Waals surface area contributed by atoms with Crippen LogP contribution in [-0.4, -0.2) is 9.38 Å². The molecule has 0 aliphatic heterocycles. The van der Waals surface area contributed by atoms with Crippen LogP contribution in [0.25, 0.3) is 60.3 Å².